The van der Waals surface area contributed by atoms with E-state index in [-0.39, 0.29) is 24.4 Å². The first-order valence-corrected chi connectivity index (χ1v) is 6.28. The van der Waals surface area contributed by atoms with Gasteiger partial charge in [0.25, 0.3) is 0 Å². The maximum absolute atomic E-state index is 13.9. The minimum Gasteiger partial charge on any atom is -0.370 e. The maximum Gasteiger partial charge on any atom is 0.416 e. The number of benzene rings is 1. The highest BCUT2D eigenvalue weighted by Crippen LogP contribution is 2.32. The fraction of sp³-hybridized carbons (Fsp3) is 0.538. The largest absolute Gasteiger partial charge is 0.416 e. The zero-order valence-electron chi connectivity index (χ0n) is 11.0. The van der Waals surface area contributed by atoms with Crippen LogP contribution in [0.4, 0.5) is 23.2 Å². The predicted molar refractivity (Wildman–Crippen MR) is 67.0 cm³/mol. The highest BCUT2D eigenvalue weighted by Gasteiger charge is 2.32. The lowest BCUT2D eigenvalue weighted by Gasteiger charge is -2.38. The molecular formula is C13H16F4N2O. The van der Waals surface area contributed by atoms with Gasteiger partial charge >= 0.3 is 6.18 Å². The van der Waals surface area contributed by atoms with E-state index in [1.807, 2.05) is 6.92 Å². The molecule has 1 aliphatic rings. The molecule has 20 heavy (non-hydrogen) atoms. The van der Waals surface area contributed by atoms with E-state index >= 15 is 0 Å². The van der Waals surface area contributed by atoms with E-state index in [2.05, 4.69) is 0 Å². The average Bonchev–Trinajstić information content (AvgIpc) is 2.36. The summed E-state index contributed by atoms with van der Waals surface area (Å²) in [6.07, 6.45) is -4.95. The minimum absolute atomic E-state index is 0.145. The summed E-state index contributed by atoms with van der Waals surface area (Å²) in [7, 11) is 0. The Morgan fingerprint density at radius 1 is 1.35 bits per heavy atom. The van der Waals surface area contributed by atoms with Gasteiger partial charge in [0.2, 0.25) is 0 Å². The summed E-state index contributed by atoms with van der Waals surface area (Å²) < 4.78 is 57.0. The molecule has 0 amide bonds. The Labute approximate surface area is 114 Å². The number of hydrogen-bond acceptors (Lipinski definition) is 3. The van der Waals surface area contributed by atoms with Crippen molar-refractivity contribution in [3.05, 3.63) is 29.6 Å². The summed E-state index contributed by atoms with van der Waals surface area (Å²) >= 11 is 0. The van der Waals surface area contributed by atoms with Gasteiger partial charge in [-0.15, -0.1) is 0 Å². The van der Waals surface area contributed by atoms with Crippen molar-refractivity contribution < 1.29 is 22.3 Å². The fourth-order valence-corrected chi connectivity index (χ4v) is 2.31. The molecule has 1 aliphatic heterocycles. The molecule has 0 radical (unpaired) electrons. The molecule has 0 spiro atoms. The van der Waals surface area contributed by atoms with Gasteiger partial charge < -0.3 is 15.4 Å². The summed E-state index contributed by atoms with van der Waals surface area (Å²) in [6, 6.07) is 2.56. The second-order valence-electron chi connectivity index (χ2n) is 4.87. The number of ether oxygens (including phenoxy) is 1. The lowest BCUT2D eigenvalue weighted by Crippen LogP contribution is -2.49. The minimum atomic E-state index is -4.54. The van der Waals surface area contributed by atoms with E-state index in [0.29, 0.717) is 19.2 Å². The van der Waals surface area contributed by atoms with Gasteiger partial charge in [-0.05, 0) is 25.1 Å². The Morgan fingerprint density at radius 2 is 2.05 bits per heavy atom. The highest BCUT2D eigenvalue weighted by atomic mass is 19.4. The first-order valence-electron chi connectivity index (χ1n) is 6.28. The van der Waals surface area contributed by atoms with E-state index < -0.39 is 17.6 Å². The normalized spacial score (nSPS) is 24.0. The smallest absolute Gasteiger partial charge is 0.370 e. The number of morpholine rings is 1. The molecule has 0 aromatic heterocycles. The molecule has 1 heterocycles. The van der Waals surface area contributed by atoms with Crippen LogP contribution in [-0.2, 0) is 10.9 Å². The van der Waals surface area contributed by atoms with Gasteiger partial charge in [0.1, 0.15) is 5.82 Å². The van der Waals surface area contributed by atoms with Gasteiger partial charge in [0, 0.05) is 19.6 Å². The highest BCUT2D eigenvalue weighted by molar-refractivity contribution is 5.50. The summed E-state index contributed by atoms with van der Waals surface area (Å²) in [4.78, 5) is 1.67. The number of alkyl halides is 3. The molecule has 1 fully saturated rings. The van der Waals surface area contributed by atoms with Crippen molar-refractivity contribution >= 4 is 5.69 Å². The van der Waals surface area contributed by atoms with Crippen LogP contribution in [0.1, 0.15) is 12.5 Å². The van der Waals surface area contributed by atoms with Crippen molar-refractivity contribution in [2.24, 2.45) is 5.73 Å². The molecule has 0 aliphatic carbocycles. The van der Waals surface area contributed by atoms with Gasteiger partial charge in [0.05, 0.1) is 23.5 Å². The van der Waals surface area contributed by atoms with Gasteiger partial charge in [-0.25, -0.2) is 4.39 Å². The molecule has 3 nitrogen and oxygen atoms in total. The molecule has 1 aromatic carbocycles. The summed E-state index contributed by atoms with van der Waals surface area (Å²) in [5.41, 5.74) is 4.69. The van der Waals surface area contributed by atoms with Crippen molar-refractivity contribution in [2.75, 3.05) is 24.5 Å². The third-order valence-electron chi connectivity index (χ3n) is 3.20. The summed E-state index contributed by atoms with van der Waals surface area (Å²) in [6.45, 7) is 2.88. The molecule has 1 aromatic rings. The lowest BCUT2D eigenvalue weighted by molar-refractivity contribution is -0.137. The van der Waals surface area contributed by atoms with E-state index in [9.17, 15) is 17.6 Å². The number of anilines is 1. The standard InChI is InChI=1S/C13H16F4N2O/c1-8-6-19(7-10(5-18)20-8)12-3-2-9(4-11(12)14)13(15,16)17/h2-4,8,10H,5-7,18H2,1H3. The van der Waals surface area contributed by atoms with E-state index in [4.69, 9.17) is 10.5 Å². The zero-order valence-corrected chi connectivity index (χ0v) is 11.0. The molecule has 2 atom stereocenters. The molecule has 2 rings (SSSR count). The van der Waals surface area contributed by atoms with E-state index in [0.717, 1.165) is 12.1 Å². The van der Waals surface area contributed by atoms with Crippen LogP contribution in [0.5, 0.6) is 0 Å². The third-order valence-corrected chi connectivity index (χ3v) is 3.20. The van der Waals surface area contributed by atoms with Crippen molar-refractivity contribution in [3.63, 3.8) is 0 Å². The van der Waals surface area contributed by atoms with Gasteiger partial charge in [-0.3, -0.25) is 0 Å². The van der Waals surface area contributed by atoms with Crippen molar-refractivity contribution in [2.45, 2.75) is 25.3 Å². The second-order valence-corrected chi connectivity index (χ2v) is 4.87. The third kappa shape index (κ3) is 3.21. The van der Waals surface area contributed by atoms with Crippen LogP contribution in [0.15, 0.2) is 18.2 Å². The molecule has 2 unspecified atom stereocenters. The van der Waals surface area contributed by atoms with Crippen LogP contribution in [0.2, 0.25) is 0 Å². The van der Waals surface area contributed by atoms with Crippen LogP contribution < -0.4 is 10.6 Å². The number of hydrogen-bond donors (Lipinski definition) is 1. The van der Waals surface area contributed by atoms with Crippen LogP contribution in [0.25, 0.3) is 0 Å². The Kier molecular flexibility index (Phi) is 4.19. The lowest BCUT2D eigenvalue weighted by atomic mass is 10.1. The topological polar surface area (TPSA) is 38.5 Å². The number of nitrogens with two attached hydrogens (primary N) is 1. The molecule has 0 saturated carbocycles. The summed E-state index contributed by atoms with van der Waals surface area (Å²) in [5, 5.41) is 0. The van der Waals surface area contributed by atoms with Crippen molar-refractivity contribution in [1.82, 2.24) is 0 Å². The van der Waals surface area contributed by atoms with Crippen LogP contribution >= 0.6 is 0 Å². The fourth-order valence-electron chi connectivity index (χ4n) is 2.31. The molecule has 2 N–H and O–H groups in total. The molecule has 0 bridgehead atoms. The van der Waals surface area contributed by atoms with Gasteiger partial charge in [0.15, 0.2) is 0 Å². The number of halogens is 4. The molecule has 7 heteroatoms. The average molecular weight is 292 g/mol. The zero-order chi connectivity index (χ0) is 14.9. The number of nitrogens with zero attached hydrogens (tertiary/aromatic N) is 1. The first-order chi connectivity index (χ1) is 9.31. The quantitative estimate of drug-likeness (QED) is 0.851. The summed E-state index contributed by atoms with van der Waals surface area (Å²) in [5.74, 6) is -0.885. The monoisotopic (exact) mass is 292 g/mol. The Bertz CT molecular complexity index is 478. The van der Waals surface area contributed by atoms with Crippen LogP contribution in [0, 0.1) is 5.82 Å². The SMILES string of the molecule is CC1CN(c2ccc(C(F)(F)F)cc2F)CC(CN)O1. The Balaban J connectivity index is 2.24. The van der Waals surface area contributed by atoms with Crippen LogP contribution in [-0.4, -0.2) is 31.8 Å². The Morgan fingerprint density at radius 3 is 2.60 bits per heavy atom. The van der Waals surface area contributed by atoms with Gasteiger partial charge in [-0.2, -0.15) is 13.2 Å². The van der Waals surface area contributed by atoms with Crippen LogP contribution in [0.3, 0.4) is 0 Å². The Hall–Kier alpha value is -1.34. The number of rotatable bonds is 2. The molecule has 112 valence electrons. The maximum atomic E-state index is 13.9. The first kappa shape index (κ1) is 15.1. The second kappa shape index (κ2) is 5.57. The van der Waals surface area contributed by atoms with E-state index in [1.54, 1.807) is 4.90 Å². The molecular weight excluding hydrogens is 276 g/mol. The van der Waals surface area contributed by atoms with Crippen molar-refractivity contribution in [1.29, 1.82) is 0 Å². The molecule has 1 saturated heterocycles. The predicted octanol–water partition coefficient (Wildman–Crippen LogP) is 2.40. The van der Waals surface area contributed by atoms with Gasteiger partial charge in [-0.1, -0.05) is 0 Å². The van der Waals surface area contributed by atoms with E-state index in [1.165, 1.54) is 0 Å². The van der Waals surface area contributed by atoms with Crippen molar-refractivity contribution in [3.8, 4) is 0 Å².